The highest BCUT2D eigenvalue weighted by atomic mass is 16.4. The SMILES string of the molecule is O=C([C@@H]1CCCN1C(=O)O)N1CCc2ccccc21. The lowest BCUT2D eigenvalue weighted by atomic mass is 10.1. The van der Waals surface area contributed by atoms with E-state index >= 15 is 0 Å². The van der Waals surface area contributed by atoms with Gasteiger partial charge in [-0.05, 0) is 30.9 Å². The van der Waals surface area contributed by atoms with E-state index in [1.807, 2.05) is 24.3 Å². The molecule has 2 aliphatic heterocycles. The van der Waals surface area contributed by atoms with Crippen LogP contribution in [0.2, 0.25) is 0 Å². The van der Waals surface area contributed by atoms with Gasteiger partial charge in [0, 0.05) is 18.8 Å². The first kappa shape index (κ1) is 12.0. The fraction of sp³-hybridized carbons (Fsp3) is 0.429. The molecule has 0 aromatic heterocycles. The minimum absolute atomic E-state index is 0.0788. The maximum absolute atomic E-state index is 12.5. The van der Waals surface area contributed by atoms with E-state index in [2.05, 4.69) is 0 Å². The minimum Gasteiger partial charge on any atom is -0.465 e. The number of anilines is 1. The van der Waals surface area contributed by atoms with Gasteiger partial charge in [0.05, 0.1) is 0 Å². The van der Waals surface area contributed by atoms with Gasteiger partial charge in [0.1, 0.15) is 6.04 Å². The Morgan fingerprint density at radius 2 is 2.00 bits per heavy atom. The van der Waals surface area contributed by atoms with Crippen molar-refractivity contribution in [2.45, 2.75) is 25.3 Å². The van der Waals surface area contributed by atoms with Crippen LogP contribution < -0.4 is 4.90 Å². The maximum Gasteiger partial charge on any atom is 0.407 e. The zero-order chi connectivity index (χ0) is 13.4. The number of fused-ring (bicyclic) bond motifs is 1. The van der Waals surface area contributed by atoms with Crippen LogP contribution in [0.4, 0.5) is 10.5 Å². The number of rotatable bonds is 1. The third kappa shape index (κ3) is 1.95. The van der Waals surface area contributed by atoms with Gasteiger partial charge in [-0.3, -0.25) is 9.69 Å². The van der Waals surface area contributed by atoms with Gasteiger partial charge in [-0.15, -0.1) is 0 Å². The van der Waals surface area contributed by atoms with Gasteiger partial charge in [0.15, 0.2) is 0 Å². The topological polar surface area (TPSA) is 60.9 Å². The van der Waals surface area contributed by atoms with Crippen molar-refractivity contribution in [3.8, 4) is 0 Å². The van der Waals surface area contributed by atoms with E-state index in [-0.39, 0.29) is 5.91 Å². The molecule has 1 aromatic rings. The van der Waals surface area contributed by atoms with Gasteiger partial charge >= 0.3 is 6.09 Å². The predicted octanol–water partition coefficient (Wildman–Crippen LogP) is 1.72. The summed E-state index contributed by atoms with van der Waals surface area (Å²) in [4.78, 5) is 26.7. The number of para-hydroxylation sites is 1. The monoisotopic (exact) mass is 260 g/mol. The zero-order valence-electron chi connectivity index (χ0n) is 10.6. The molecular weight excluding hydrogens is 244 g/mol. The summed E-state index contributed by atoms with van der Waals surface area (Å²) in [5, 5.41) is 9.13. The van der Waals surface area contributed by atoms with E-state index in [0.29, 0.717) is 19.5 Å². The van der Waals surface area contributed by atoms with E-state index in [1.165, 1.54) is 4.90 Å². The molecule has 2 heterocycles. The van der Waals surface area contributed by atoms with Crippen LogP contribution in [0.15, 0.2) is 24.3 Å². The summed E-state index contributed by atoms with van der Waals surface area (Å²) in [7, 11) is 0. The summed E-state index contributed by atoms with van der Waals surface area (Å²) in [6.07, 6.45) is 1.24. The number of carbonyl (C=O) groups excluding carboxylic acids is 1. The van der Waals surface area contributed by atoms with Gasteiger partial charge in [-0.1, -0.05) is 18.2 Å². The van der Waals surface area contributed by atoms with Crippen molar-refractivity contribution in [3.63, 3.8) is 0 Å². The molecule has 2 aliphatic rings. The first-order valence-electron chi connectivity index (χ1n) is 6.57. The molecule has 5 nitrogen and oxygen atoms in total. The Morgan fingerprint density at radius 1 is 1.21 bits per heavy atom. The Bertz CT molecular complexity index is 529. The van der Waals surface area contributed by atoms with E-state index in [1.54, 1.807) is 4.90 Å². The van der Waals surface area contributed by atoms with Crippen molar-refractivity contribution < 1.29 is 14.7 Å². The number of carbonyl (C=O) groups is 2. The Balaban J connectivity index is 1.84. The largest absolute Gasteiger partial charge is 0.465 e. The standard InChI is InChI=1S/C14H16N2O3/c17-13(12-6-3-8-16(12)14(18)19)15-9-7-10-4-1-2-5-11(10)15/h1-2,4-5,12H,3,6-9H2,(H,18,19)/t12-/m0/s1. The van der Waals surface area contributed by atoms with Crippen molar-refractivity contribution in [1.29, 1.82) is 0 Å². The second-order valence-corrected chi connectivity index (χ2v) is 5.00. The molecule has 1 atom stereocenters. The maximum atomic E-state index is 12.5. The summed E-state index contributed by atoms with van der Waals surface area (Å²) >= 11 is 0. The van der Waals surface area contributed by atoms with Crippen LogP contribution in [0.25, 0.3) is 0 Å². The fourth-order valence-electron chi connectivity index (χ4n) is 3.00. The van der Waals surface area contributed by atoms with Gasteiger partial charge in [-0.25, -0.2) is 4.79 Å². The van der Waals surface area contributed by atoms with Crippen molar-refractivity contribution in [2.75, 3.05) is 18.0 Å². The number of likely N-dealkylation sites (tertiary alicyclic amines) is 1. The Kier molecular flexibility index (Phi) is 2.89. The molecule has 0 radical (unpaired) electrons. The van der Waals surface area contributed by atoms with Crippen LogP contribution in [0.1, 0.15) is 18.4 Å². The summed E-state index contributed by atoms with van der Waals surface area (Å²) in [5.41, 5.74) is 2.10. The second kappa shape index (κ2) is 4.57. The fourth-order valence-corrected chi connectivity index (χ4v) is 3.00. The Hall–Kier alpha value is -2.04. The van der Waals surface area contributed by atoms with Crippen LogP contribution in [0.5, 0.6) is 0 Å². The van der Waals surface area contributed by atoms with Gasteiger partial charge in [0.25, 0.3) is 0 Å². The average Bonchev–Trinajstić information content (AvgIpc) is 3.05. The molecule has 100 valence electrons. The summed E-state index contributed by atoms with van der Waals surface area (Å²) in [6.45, 7) is 1.11. The average molecular weight is 260 g/mol. The van der Waals surface area contributed by atoms with Gasteiger partial charge in [0.2, 0.25) is 5.91 Å². The lowest BCUT2D eigenvalue weighted by Gasteiger charge is -2.26. The van der Waals surface area contributed by atoms with E-state index < -0.39 is 12.1 Å². The predicted molar refractivity (Wildman–Crippen MR) is 70.3 cm³/mol. The van der Waals surface area contributed by atoms with Crippen LogP contribution in [-0.2, 0) is 11.2 Å². The van der Waals surface area contributed by atoms with E-state index in [4.69, 9.17) is 5.11 Å². The van der Waals surface area contributed by atoms with Crippen LogP contribution in [-0.4, -0.2) is 41.1 Å². The van der Waals surface area contributed by atoms with Crippen LogP contribution >= 0.6 is 0 Å². The van der Waals surface area contributed by atoms with E-state index in [9.17, 15) is 9.59 Å². The number of carboxylic acid groups (broad SMARTS) is 1. The molecule has 0 aliphatic carbocycles. The van der Waals surface area contributed by atoms with Crippen LogP contribution in [0.3, 0.4) is 0 Å². The highest BCUT2D eigenvalue weighted by Gasteiger charge is 2.38. The van der Waals surface area contributed by atoms with Crippen molar-refractivity contribution in [1.82, 2.24) is 4.90 Å². The second-order valence-electron chi connectivity index (χ2n) is 5.00. The molecular formula is C14H16N2O3. The molecule has 0 spiro atoms. The number of nitrogens with zero attached hydrogens (tertiary/aromatic N) is 2. The molecule has 1 aromatic carbocycles. The number of hydrogen-bond acceptors (Lipinski definition) is 2. The third-order valence-electron chi connectivity index (χ3n) is 3.94. The molecule has 1 N–H and O–H groups in total. The molecule has 0 saturated carbocycles. The minimum atomic E-state index is -0.997. The number of amides is 2. The van der Waals surface area contributed by atoms with Crippen molar-refractivity contribution in [3.05, 3.63) is 29.8 Å². The Labute approximate surface area is 111 Å². The smallest absolute Gasteiger partial charge is 0.407 e. The molecule has 0 bridgehead atoms. The molecule has 3 rings (SSSR count). The zero-order valence-corrected chi connectivity index (χ0v) is 10.6. The number of hydrogen-bond donors (Lipinski definition) is 1. The molecule has 2 amide bonds. The van der Waals surface area contributed by atoms with Crippen LogP contribution in [0, 0.1) is 0 Å². The summed E-state index contributed by atoms with van der Waals surface area (Å²) in [5.74, 6) is -0.0788. The lowest BCUT2D eigenvalue weighted by Crippen LogP contribution is -2.47. The van der Waals surface area contributed by atoms with Gasteiger partial charge < -0.3 is 10.0 Å². The molecule has 5 heteroatoms. The normalized spacial score (nSPS) is 21.6. The molecule has 1 fully saturated rings. The van der Waals surface area contributed by atoms with Crippen molar-refractivity contribution in [2.24, 2.45) is 0 Å². The molecule has 0 unspecified atom stereocenters. The first-order chi connectivity index (χ1) is 9.18. The lowest BCUT2D eigenvalue weighted by molar-refractivity contribution is -0.122. The number of benzene rings is 1. The first-order valence-corrected chi connectivity index (χ1v) is 6.57. The molecule has 19 heavy (non-hydrogen) atoms. The highest BCUT2D eigenvalue weighted by Crippen LogP contribution is 2.30. The summed E-state index contributed by atoms with van der Waals surface area (Å²) in [6, 6.07) is 7.32. The quantitative estimate of drug-likeness (QED) is 0.836. The van der Waals surface area contributed by atoms with Crippen molar-refractivity contribution >= 4 is 17.7 Å². The van der Waals surface area contributed by atoms with E-state index in [0.717, 1.165) is 24.1 Å². The summed E-state index contributed by atoms with van der Waals surface area (Å²) < 4.78 is 0. The van der Waals surface area contributed by atoms with Gasteiger partial charge in [-0.2, -0.15) is 0 Å². The third-order valence-corrected chi connectivity index (χ3v) is 3.94. The Morgan fingerprint density at radius 3 is 2.79 bits per heavy atom. The highest BCUT2D eigenvalue weighted by molar-refractivity contribution is 6.00. The molecule has 1 saturated heterocycles.